The van der Waals surface area contributed by atoms with Crippen molar-refractivity contribution in [2.45, 2.75) is 11.4 Å². The van der Waals surface area contributed by atoms with Gasteiger partial charge in [0.15, 0.2) is 15.0 Å². The minimum Gasteiger partial charge on any atom is -0.497 e. The van der Waals surface area contributed by atoms with Crippen LogP contribution in [0, 0.1) is 0 Å². The maximum absolute atomic E-state index is 13.2. The number of hydrogen-bond acceptors (Lipinski definition) is 8. The van der Waals surface area contributed by atoms with Gasteiger partial charge in [-0.2, -0.15) is 0 Å². The molecule has 0 unspecified atom stereocenters. The quantitative estimate of drug-likeness (QED) is 0.383. The molecule has 8 nitrogen and oxygen atoms in total. The van der Waals surface area contributed by atoms with Gasteiger partial charge in [-0.25, -0.2) is 13.4 Å². The number of fused-ring (bicyclic) bond motifs is 1. The number of amides is 1. The molecular weight excluding hydrogens is 452 g/mol. The number of carbonyl (C=O) groups is 1. The van der Waals surface area contributed by atoms with E-state index in [1.54, 1.807) is 43.5 Å². The number of aromatic nitrogens is 1. The van der Waals surface area contributed by atoms with Crippen LogP contribution in [-0.2, 0) is 21.2 Å². The van der Waals surface area contributed by atoms with E-state index in [1.165, 1.54) is 41.7 Å². The Hall–Kier alpha value is -3.37. The van der Waals surface area contributed by atoms with Crippen LogP contribution in [-0.4, -0.2) is 39.3 Å². The van der Waals surface area contributed by atoms with Crippen LogP contribution >= 0.6 is 11.3 Å². The Bertz CT molecular complexity index is 1330. The van der Waals surface area contributed by atoms with Crippen molar-refractivity contribution in [3.8, 4) is 11.5 Å². The first kappa shape index (κ1) is 21.8. The van der Waals surface area contributed by atoms with E-state index in [9.17, 15) is 13.2 Å². The number of sulfone groups is 1. The van der Waals surface area contributed by atoms with E-state index in [0.29, 0.717) is 27.9 Å². The maximum Gasteiger partial charge on any atom is 0.244 e. The predicted molar refractivity (Wildman–Crippen MR) is 121 cm³/mol. The zero-order chi connectivity index (χ0) is 22.7. The van der Waals surface area contributed by atoms with Gasteiger partial charge in [0, 0.05) is 6.07 Å². The highest BCUT2D eigenvalue weighted by Crippen LogP contribution is 2.32. The Morgan fingerprint density at radius 2 is 1.78 bits per heavy atom. The topological polar surface area (TPSA) is 98.9 Å². The molecule has 0 aliphatic carbocycles. The lowest BCUT2D eigenvalue weighted by molar-refractivity contribution is -0.116. The second-order valence-corrected chi connectivity index (χ2v) is 9.82. The van der Waals surface area contributed by atoms with Crippen molar-refractivity contribution in [2.75, 3.05) is 24.9 Å². The molecule has 10 heteroatoms. The smallest absolute Gasteiger partial charge is 0.244 e. The molecule has 0 N–H and O–H groups in total. The molecule has 0 saturated heterocycles. The largest absolute Gasteiger partial charge is 0.497 e. The summed E-state index contributed by atoms with van der Waals surface area (Å²) in [6.45, 7) is 0.0565. The van der Waals surface area contributed by atoms with Crippen LogP contribution in [0.25, 0.3) is 10.2 Å². The zero-order valence-corrected chi connectivity index (χ0v) is 19.0. The fourth-order valence-corrected chi connectivity index (χ4v) is 5.23. The number of carbonyl (C=O) groups excluding carboxylic acids is 1. The van der Waals surface area contributed by atoms with Gasteiger partial charge in [-0.3, -0.25) is 9.69 Å². The normalized spacial score (nSPS) is 11.4. The molecule has 2 aromatic heterocycles. The highest BCUT2D eigenvalue weighted by atomic mass is 32.2. The van der Waals surface area contributed by atoms with E-state index in [-0.39, 0.29) is 11.4 Å². The molecule has 4 aromatic rings. The fraction of sp³-hybridized carbons (Fsp3) is 0.182. The molecule has 4 rings (SSSR count). The van der Waals surface area contributed by atoms with Crippen molar-refractivity contribution in [3.05, 3.63) is 66.6 Å². The van der Waals surface area contributed by atoms with Crippen molar-refractivity contribution >= 4 is 42.4 Å². The Balaban J connectivity index is 1.66. The SMILES string of the molecule is COc1ccc(S(=O)(=O)CC(=O)N(Cc2ccco2)c2nc3cc(OC)ccc3s2)cc1. The number of anilines is 1. The van der Waals surface area contributed by atoms with Crippen LogP contribution < -0.4 is 14.4 Å². The van der Waals surface area contributed by atoms with Gasteiger partial charge in [-0.05, 0) is 48.5 Å². The van der Waals surface area contributed by atoms with Crippen molar-refractivity contribution in [2.24, 2.45) is 0 Å². The lowest BCUT2D eigenvalue weighted by atomic mass is 10.3. The second-order valence-electron chi connectivity index (χ2n) is 6.82. The Morgan fingerprint density at radius 1 is 1.06 bits per heavy atom. The van der Waals surface area contributed by atoms with E-state index in [4.69, 9.17) is 13.9 Å². The lowest BCUT2D eigenvalue weighted by Gasteiger charge is -2.18. The van der Waals surface area contributed by atoms with E-state index in [2.05, 4.69) is 4.98 Å². The number of benzene rings is 2. The van der Waals surface area contributed by atoms with Gasteiger partial charge in [0.25, 0.3) is 0 Å². The van der Waals surface area contributed by atoms with Crippen LogP contribution in [0.4, 0.5) is 5.13 Å². The number of nitrogens with zero attached hydrogens (tertiary/aromatic N) is 2. The first-order valence-electron chi connectivity index (χ1n) is 9.54. The summed E-state index contributed by atoms with van der Waals surface area (Å²) in [4.78, 5) is 19.1. The number of thiazole rings is 1. The van der Waals surface area contributed by atoms with E-state index in [1.807, 2.05) is 6.07 Å². The third-order valence-corrected chi connectivity index (χ3v) is 7.42. The van der Waals surface area contributed by atoms with Gasteiger partial charge in [-0.1, -0.05) is 11.3 Å². The summed E-state index contributed by atoms with van der Waals surface area (Å²) in [6, 6.07) is 14.8. The molecule has 166 valence electrons. The summed E-state index contributed by atoms with van der Waals surface area (Å²) < 4.78 is 42.3. The average molecular weight is 473 g/mol. The number of hydrogen-bond donors (Lipinski definition) is 0. The van der Waals surface area contributed by atoms with Gasteiger partial charge < -0.3 is 13.9 Å². The van der Waals surface area contributed by atoms with Crippen LogP contribution in [0.2, 0.25) is 0 Å². The Morgan fingerprint density at radius 3 is 2.44 bits per heavy atom. The standard InChI is InChI=1S/C22H20N2O6S2/c1-28-15-5-8-18(9-6-15)32(26,27)14-21(25)24(13-17-4-3-11-30-17)22-23-19-12-16(29-2)7-10-20(19)31-22/h3-12H,13-14H2,1-2H3. The number of rotatable bonds is 8. The molecule has 0 aliphatic heterocycles. The fourth-order valence-electron chi connectivity index (χ4n) is 3.07. The zero-order valence-electron chi connectivity index (χ0n) is 17.3. The number of furan rings is 1. The molecule has 1 amide bonds. The predicted octanol–water partition coefficient (Wildman–Crippen LogP) is 3.91. The molecule has 0 spiro atoms. The first-order chi connectivity index (χ1) is 15.4. The van der Waals surface area contributed by atoms with Crippen LogP contribution in [0.1, 0.15) is 5.76 Å². The molecule has 0 fully saturated rings. The van der Waals surface area contributed by atoms with Gasteiger partial charge in [-0.15, -0.1) is 0 Å². The highest BCUT2D eigenvalue weighted by Gasteiger charge is 2.27. The van der Waals surface area contributed by atoms with Crippen molar-refractivity contribution < 1.29 is 27.1 Å². The van der Waals surface area contributed by atoms with Gasteiger partial charge in [0.05, 0.1) is 42.1 Å². The van der Waals surface area contributed by atoms with Gasteiger partial charge >= 0.3 is 0 Å². The molecule has 0 radical (unpaired) electrons. The van der Waals surface area contributed by atoms with Gasteiger partial charge in [0.2, 0.25) is 5.91 Å². The lowest BCUT2D eigenvalue weighted by Crippen LogP contribution is -2.35. The van der Waals surface area contributed by atoms with Crippen LogP contribution in [0.3, 0.4) is 0 Å². The Kier molecular flexibility index (Phi) is 6.15. The maximum atomic E-state index is 13.2. The molecule has 0 saturated carbocycles. The molecule has 32 heavy (non-hydrogen) atoms. The van der Waals surface area contributed by atoms with Crippen molar-refractivity contribution in [3.63, 3.8) is 0 Å². The molecule has 2 heterocycles. The summed E-state index contributed by atoms with van der Waals surface area (Å²) in [6.07, 6.45) is 1.50. The van der Waals surface area contributed by atoms with Gasteiger partial charge in [0.1, 0.15) is 23.0 Å². The van der Waals surface area contributed by atoms with Crippen LogP contribution in [0.15, 0.2) is 70.2 Å². The van der Waals surface area contributed by atoms with E-state index in [0.717, 1.165) is 4.70 Å². The Labute approximate surface area is 188 Å². The van der Waals surface area contributed by atoms with Crippen molar-refractivity contribution in [1.82, 2.24) is 4.98 Å². The third-order valence-electron chi connectivity index (χ3n) is 4.74. The summed E-state index contributed by atoms with van der Waals surface area (Å²) in [5, 5.41) is 0.375. The first-order valence-corrected chi connectivity index (χ1v) is 12.0. The third kappa shape index (κ3) is 4.61. The molecule has 2 aromatic carbocycles. The minimum absolute atomic E-state index is 0.0404. The molecule has 0 bridgehead atoms. The minimum atomic E-state index is -3.88. The summed E-state index contributed by atoms with van der Waals surface area (Å²) >= 11 is 1.29. The summed E-state index contributed by atoms with van der Waals surface area (Å²) in [5.41, 5.74) is 0.652. The second kappa shape index (κ2) is 9.01. The van der Waals surface area contributed by atoms with Crippen molar-refractivity contribution in [1.29, 1.82) is 0 Å². The molecular formula is C22H20N2O6S2. The monoisotopic (exact) mass is 472 g/mol. The van der Waals surface area contributed by atoms with E-state index < -0.39 is 21.5 Å². The highest BCUT2D eigenvalue weighted by molar-refractivity contribution is 7.92. The average Bonchev–Trinajstić information content (AvgIpc) is 3.46. The number of ether oxygens (including phenoxy) is 2. The summed E-state index contributed by atoms with van der Waals surface area (Å²) in [5.74, 6) is 0.361. The molecule has 0 aliphatic rings. The molecule has 0 atom stereocenters. The van der Waals surface area contributed by atoms with E-state index >= 15 is 0 Å². The number of methoxy groups -OCH3 is 2. The van der Waals surface area contributed by atoms with Crippen LogP contribution in [0.5, 0.6) is 11.5 Å². The summed E-state index contributed by atoms with van der Waals surface area (Å²) in [7, 11) is -0.824.